The molecule has 0 saturated heterocycles. The SMILES string of the molecule is C#Cc1cc(C#Cc2ccccc2)cc(-c2ccc(-c3cc(C#C)cc(C#Cc4ccccc4)c3)cc2)c1. The van der Waals surface area contributed by atoms with E-state index in [9.17, 15) is 0 Å². The average Bonchev–Trinajstić information content (AvgIpc) is 2.99. The molecule has 0 atom stereocenters. The van der Waals surface area contributed by atoms with E-state index < -0.39 is 0 Å². The molecule has 0 fully saturated rings. The zero-order valence-corrected chi connectivity index (χ0v) is 20.7. The Hall–Kier alpha value is -5.66. The van der Waals surface area contributed by atoms with Crippen LogP contribution in [0.1, 0.15) is 33.4 Å². The third-order valence-corrected chi connectivity index (χ3v) is 6.00. The number of hydrogen-bond acceptors (Lipinski definition) is 0. The molecule has 0 aliphatic carbocycles. The molecule has 174 valence electrons. The normalized spacial score (nSPS) is 9.63. The smallest absolute Gasteiger partial charge is 0.0267 e. The minimum absolute atomic E-state index is 0.798. The lowest BCUT2D eigenvalue weighted by Crippen LogP contribution is -1.87. The zero-order valence-electron chi connectivity index (χ0n) is 20.7. The van der Waals surface area contributed by atoms with Crippen LogP contribution in [0.4, 0.5) is 0 Å². The van der Waals surface area contributed by atoms with Crippen molar-refractivity contribution in [1.82, 2.24) is 0 Å². The molecule has 0 heteroatoms. The van der Waals surface area contributed by atoms with Gasteiger partial charge in [0.25, 0.3) is 0 Å². The van der Waals surface area contributed by atoms with Gasteiger partial charge in [0, 0.05) is 33.4 Å². The third-order valence-electron chi connectivity index (χ3n) is 6.00. The highest BCUT2D eigenvalue weighted by Crippen LogP contribution is 2.27. The standard InChI is InChI=1S/C38H22/c1-3-29-23-33(17-15-31-11-7-5-8-12-31)27-37(25-29)35-19-21-36(22-20-35)38-26-30(4-2)24-34(28-38)18-16-32-13-9-6-10-14-32/h1-2,5-14,19-28H. The lowest BCUT2D eigenvalue weighted by atomic mass is 9.96. The molecule has 0 nitrogen and oxygen atoms in total. The molecule has 0 bridgehead atoms. The van der Waals surface area contributed by atoms with Gasteiger partial charge in [-0.15, -0.1) is 12.8 Å². The van der Waals surface area contributed by atoms with Crippen LogP contribution in [0, 0.1) is 48.4 Å². The van der Waals surface area contributed by atoms with Crippen LogP contribution in [0.5, 0.6) is 0 Å². The van der Waals surface area contributed by atoms with Gasteiger partial charge in [0.15, 0.2) is 0 Å². The molecule has 0 aromatic heterocycles. The summed E-state index contributed by atoms with van der Waals surface area (Å²) in [7, 11) is 0. The van der Waals surface area contributed by atoms with Crippen LogP contribution in [-0.4, -0.2) is 0 Å². The second-order valence-corrected chi connectivity index (χ2v) is 8.70. The van der Waals surface area contributed by atoms with Crippen molar-refractivity contribution in [3.05, 3.63) is 155 Å². The maximum absolute atomic E-state index is 5.75. The van der Waals surface area contributed by atoms with Gasteiger partial charge in [0.1, 0.15) is 0 Å². The van der Waals surface area contributed by atoms with Crippen LogP contribution >= 0.6 is 0 Å². The molecule has 0 aliphatic rings. The van der Waals surface area contributed by atoms with E-state index >= 15 is 0 Å². The fourth-order valence-corrected chi connectivity index (χ4v) is 4.09. The zero-order chi connectivity index (χ0) is 26.2. The van der Waals surface area contributed by atoms with Crippen LogP contribution in [0.15, 0.2) is 121 Å². The minimum Gasteiger partial charge on any atom is -0.115 e. The highest BCUT2D eigenvalue weighted by Gasteiger charge is 2.05. The van der Waals surface area contributed by atoms with E-state index in [1.165, 1.54) is 0 Å². The van der Waals surface area contributed by atoms with Crippen molar-refractivity contribution in [1.29, 1.82) is 0 Å². The van der Waals surface area contributed by atoms with Crippen LogP contribution in [0.25, 0.3) is 22.3 Å². The molecule has 0 N–H and O–H groups in total. The Bertz CT molecular complexity index is 1660. The Labute approximate surface area is 225 Å². The summed E-state index contributed by atoms with van der Waals surface area (Å²) >= 11 is 0. The molecular formula is C38H22. The van der Waals surface area contributed by atoms with E-state index in [-0.39, 0.29) is 0 Å². The van der Waals surface area contributed by atoms with Gasteiger partial charge >= 0.3 is 0 Å². The molecule has 0 heterocycles. The van der Waals surface area contributed by atoms with Gasteiger partial charge in [0.2, 0.25) is 0 Å². The van der Waals surface area contributed by atoms with Crippen molar-refractivity contribution in [2.75, 3.05) is 0 Å². The van der Waals surface area contributed by atoms with Crippen molar-refractivity contribution in [2.45, 2.75) is 0 Å². The summed E-state index contributed by atoms with van der Waals surface area (Å²) in [5, 5.41) is 0. The third kappa shape index (κ3) is 5.93. The molecule has 38 heavy (non-hydrogen) atoms. The summed E-state index contributed by atoms with van der Waals surface area (Å²) in [6.45, 7) is 0. The highest BCUT2D eigenvalue weighted by atomic mass is 14.1. The van der Waals surface area contributed by atoms with Crippen molar-refractivity contribution in [3.8, 4) is 70.6 Å². The Morgan fingerprint density at radius 1 is 0.316 bits per heavy atom. The quantitative estimate of drug-likeness (QED) is 0.227. The lowest BCUT2D eigenvalue weighted by Gasteiger charge is -2.08. The molecule has 0 spiro atoms. The number of hydrogen-bond donors (Lipinski definition) is 0. The first kappa shape index (κ1) is 24.1. The first-order valence-corrected chi connectivity index (χ1v) is 12.2. The number of rotatable bonds is 2. The van der Waals surface area contributed by atoms with E-state index in [2.05, 4.69) is 71.9 Å². The monoisotopic (exact) mass is 478 g/mol. The van der Waals surface area contributed by atoms with Gasteiger partial charge in [-0.1, -0.05) is 96.2 Å². The first-order chi connectivity index (χ1) is 18.7. The number of benzene rings is 5. The molecule has 5 rings (SSSR count). The topological polar surface area (TPSA) is 0 Å². The maximum Gasteiger partial charge on any atom is 0.0267 e. The highest BCUT2D eigenvalue weighted by molar-refractivity contribution is 5.74. The molecule has 0 aliphatic heterocycles. The molecule has 5 aromatic carbocycles. The lowest BCUT2D eigenvalue weighted by molar-refractivity contribution is 1.54. The maximum atomic E-state index is 5.75. The summed E-state index contributed by atoms with van der Waals surface area (Å²) in [5.74, 6) is 18.4. The van der Waals surface area contributed by atoms with Gasteiger partial charge < -0.3 is 0 Å². The Balaban J connectivity index is 1.46. The molecule has 0 unspecified atom stereocenters. The van der Waals surface area contributed by atoms with Gasteiger partial charge in [0.05, 0.1) is 0 Å². The van der Waals surface area contributed by atoms with E-state index in [0.29, 0.717) is 0 Å². The molecule has 0 radical (unpaired) electrons. The first-order valence-electron chi connectivity index (χ1n) is 12.2. The Kier molecular flexibility index (Phi) is 7.21. The molecule has 0 saturated carbocycles. The van der Waals surface area contributed by atoms with Crippen molar-refractivity contribution < 1.29 is 0 Å². The van der Waals surface area contributed by atoms with E-state index in [1.807, 2.05) is 84.9 Å². The van der Waals surface area contributed by atoms with Crippen molar-refractivity contribution in [2.24, 2.45) is 0 Å². The predicted octanol–water partition coefficient (Wildman–Crippen LogP) is 7.78. The van der Waals surface area contributed by atoms with Crippen LogP contribution in [0.3, 0.4) is 0 Å². The summed E-state index contributed by atoms with van der Waals surface area (Å²) in [6.07, 6.45) is 11.5. The summed E-state index contributed by atoms with van der Waals surface area (Å²) in [4.78, 5) is 0. The van der Waals surface area contributed by atoms with Crippen molar-refractivity contribution >= 4 is 0 Å². The number of terminal acetylenes is 2. The molecular weight excluding hydrogens is 456 g/mol. The average molecular weight is 479 g/mol. The van der Waals surface area contributed by atoms with Crippen molar-refractivity contribution in [3.63, 3.8) is 0 Å². The minimum atomic E-state index is 0.798. The summed E-state index contributed by atoms with van der Waals surface area (Å²) < 4.78 is 0. The molecule has 0 amide bonds. The summed E-state index contributed by atoms with van der Waals surface area (Å²) in [5.41, 5.74) is 9.46. The van der Waals surface area contributed by atoms with Crippen LogP contribution in [0.2, 0.25) is 0 Å². The van der Waals surface area contributed by atoms with E-state index in [0.717, 1.165) is 55.6 Å². The fraction of sp³-hybridized carbons (Fsp3) is 0. The second-order valence-electron chi connectivity index (χ2n) is 8.70. The van der Waals surface area contributed by atoms with Gasteiger partial charge in [-0.2, -0.15) is 0 Å². The second kappa shape index (κ2) is 11.4. The summed E-state index contributed by atoms with van der Waals surface area (Å²) in [6, 6.07) is 40.3. The van der Waals surface area contributed by atoms with Gasteiger partial charge in [-0.05, 0) is 82.9 Å². The Morgan fingerprint density at radius 2 is 0.658 bits per heavy atom. The van der Waals surface area contributed by atoms with E-state index in [1.54, 1.807) is 0 Å². The largest absolute Gasteiger partial charge is 0.115 e. The van der Waals surface area contributed by atoms with Gasteiger partial charge in [-0.3, -0.25) is 0 Å². The Morgan fingerprint density at radius 3 is 1.03 bits per heavy atom. The van der Waals surface area contributed by atoms with Gasteiger partial charge in [-0.25, -0.2) is 0 Å². The molecule has 5 aromatic rings. The fourth-order valence-electron chi connectivity index (χ4n) is 4.09. The van der Waals surface area contributed by atoms with E-state index in [4.69, 9.17) is 12.8 Å². The van der Waals surface area contributed by atoms with Crippen LogP contribution < -0.4 is 0 Å². The van der Waals surface area contributed by atoms with Crippen LogP contribution in [-0.2, 0) is 0 Å². The predicted molar refractivity (Wildman–Crippen MR) is 158 cm³/mol.